The molecular weight excluding hydrogens is 300 g/mol. The average Bonchev–Trinajstić information content (AvgIpc) is 2.45. The number of carbonyl (C=O) groups excluding carboxylic acids is 1. The van der Waals surface area contributed by atoms with Gasteiger partial charge in [0, 0.05) is 31.9 Å². The monoisotopic (exact) mass is 324 g/mol. The van der Waals surface area contributed by atoms with Gasteiger partial charge in [-0.3, -0.25) is 0 Å². The maximum Gasteiger partial charge on any atom is 0.410 e. The van der Waals surface area contributed by atoms with Gasteiger partial charge in [-0.2, -0.15) is 0 Å². The first kappa shape index (κ1) is 16.9. The zero-order valence-corrected chi connectivity index (χ0v) is 14.7. The van der Waals surface area contributed by atoms with Crippen molar-refractivity contribution in [3.05, 3.63) is 12.3 Å². The summed E-state index contributed by atoms with van der Waals surface area (Å²) in [5.41, 5.74) is -0.464. The fourth-order valence-corrected chi connectivity index (χ4v) is 2.71. The number of thioether (sulfide) groups is 1. The van der Waals surface area contributed by atoms with Crippen LogP contribution in [0.3, 0.4) is 0 Å². The Hall–Kier alpha value is -1.50. The lowest BCUT2D eigenvalue weighted by Gasteiger charge is -2.40. The van der Waals surface area contributed by atoms with Gasteiger partial charge in [-0.1, -0.05) is 11.8 Å². The lowest BCUT2D eigenvalue weighted by Crippen LogP contribution is -2.55. The third-order valence-electron chi connectivity index (χ3n) is 3.38. The maximum absolute atomic E-state index is 12.2. The number of anilines is 1. The van der Waals surface area contributed by atoms with Crippen molar-refractivity contribution < 1.29 is 9.53 Å². The number of hydrogen-bond acceptors (Lipinski definition) is 6. The molecule has 1 aromatic rings. The maximum atomic E-state index is 12.2. The molecule has 0 N–H and O–H groups in total. The highest BCUT2D eigenvalue weighted by Gasteiger charge is 2.31. The summed E-state index contributed by atoms with van der Waals surface area (Å²) in [6.07, 6.45) is 3.49. The van der Waals surface area contributed by atoms with Crippen LogP contribution in [-0.2, 0) is 4.74 Å². The minimum atomic E-state index is -0.464. The van der Waals surface area contributed by atoms with Crippen molar-refractivity contribution in [3.8, 4) is 0 Å². The molecule has 1 aliphatic rings. The Balaban J connectivity index is 2.01. The van der Waals surface area contributed by atoms with Crippen LogP contribution in [-0.4, -0.2) is 58.5 Å². The Morgan fingerprint density at radius 2 is 2.14 bits per heavy atom. The fraction of sp³-hybridized carbons (Fsp3) is 0.667. The number of aromatic nitrogens is 2. The molecule has 1 aliphatic heterocycles. The van der Waals surface area contributed by atoms with Crippen LogP contribution in [0, 0.1) is 0 Å². The predicted molar refractivity (Wildman–Crippen MR) is 88.4 cm³/mol. The molecule has 0 bridgehead atoms. The zero-order valence-electron chi connectivity index (χ0n) is 13.9. The lowest BCUT2D eigenvalue weighted by atomic mass is 10.2. The minimum Gasteiger partial charge on any atom is -0.444 e. The Labute approximate surface area is 136 Å². The van der Waals surface area contributed by atoms with E-state index in [9.17, 15) is 4.79 Å². The van der Waals surface area contributed by atoms with Gasteiger partial charge in [0.15, 0.2) is 5.16 Å². The van der Waals surface area contributed by atoms with E-state index in [4.69, 9.17) is 4.74 Å². The molecule has 2 heterocycles. The number of ether oxygens (including phenoxy) is 1. The Bertz CT molecular complexity index is 533. The molecule has 1 fully saturated rings. The van der Waals surface area contributed by atoms with E-state index in [2.05, 4.69) is 14.9 Å². The topological polar surface area (TPSA) is 58.6 Å². The van der Waals surface area contributed by atoms with E-state index in [-0.39, 0.29) is 12.1 Å². The van der Waals surface area contributed by atoms with Crippen LogP contribution >= 0.6 is 11.8 Å². The number of nitrogens with zero attached hydrogens (tertiary/aromatic N) is 4. The van der Waals surface area contributed by atoms with E-state index >= 15 is 0 Å². The largest absolute Gasteiger partial charge is 0.444 e. The molecule has 122 valence electrons. The van der Waals surface area contributed by atoms with Gasteiger partial charge in [-0.15, -0.1) is 0 Å². The standard InChI is InChI=1S/C15H24N4O2S/c1-11-10-18(12-6-7-16-13(17-12)22-5)8-9-19(11)14(20)21-15(2,3)4/h6-7,11H,8-10H2,1-5H3. The van der Waals surface area contributed by atoms with E-state index in [1.54, 1.807) is 11.1 Å². The van der Waals surface area contributed by atoms with E-state index < -0.39 is 5.60 Å². The number of rotatable bonds is 2. The lowest BCUT2D eigenvalue weighted by molar-refractivity contribution is 0.0158. The summed E-state index contributed by atoms with van der Waals surface area (Å²) in [6.45, 7) is 9.81. The van der Waals surface area contributed by atoms with Crippen LogP contribution in [0.2, 0.25) is 0 Å². The van der Waals surface area contributed by atoms with Gasteiger partial charge in [0.05, 0.1) is 0 Å². The van der Waals surface area contributed by atoms with Gasteiger partial charge in [0.1, 0.15) is 11.4 Å². The van der Waals surface area contributed by atoms with Gasteiger partial charge in [0.25, 0.3) is 0 Å². The Kier molecular flexibility index (Phi) is 5.16. The molecule has 22 heavy (non-hydrogen) atoms. The molecule has 6 nitrogen and oxygen atoms in total. The fourth-order valence-electron chi connectivity index (χ4n) is 2.36. The first-order chi connectivity index (χ1) is 10.3. The normalized spacial score (nSPS) is 19.2. The van der Waals surface area contributed by atoms with Gasteiger partial charge in [0.2, 0.25) is 0 Å². The summed E-state index contributed by atoms with van der Waals surface area (Å²) in [4.78, 5) is 24.9. The van der Waals surface area contributed by atoms with Crippen molar-refractivity contribution in [1.29, 1.82) is 0 Å². The molecule has 1 aromatic heterocycles. The smallest absolute Gasteiger partial charge is 0.410 e. The summed E-state index contributed by atoms with van der Waals surface area (Å²) in [5.74, 6) is 0.912. The van der Waals surface area contributed by atoms with Crippen LogP contribution in [0.5, 0.6) is 0 Å². The number of piperazine rings is 1. The van der Waals surface area contributed by atoms with Crippen molar-refractivity contribution in [3.63, 3.8) is 0 Å². The molecule has 0 aromatic carbocycles. The molecule has 0 spiro atoms. The van der Waals surface area contributed by atoms with Crippen LogP contribution < -0.4 is 4.90 Å². The van der Waals surface area contributed by atoms with E-state index in [0.29, 0.717) is 6.54 Å². The summed E-state index contributed by atoms with van der Waals surface area (Å²) >= 11 is 1.53. The van der Waals surface area contributed by atoms with E-state index in [1.165, 1.54) is 11.8 Å². The molecule has 2 rings (SSSR count). The van der Waals surface area contributed by atoms with Gasteiger partial charge in [-0.25, -0.2) is 14.8 Å². The molecular formula is C15H24N4O2S. The van der Waals surface area contributed by atoms with Crippen LogP contribution in [0.4, 0.5) is 10.6 Å². The number of hydrogen-bond donors (Lipinski definition) is 0. The van der Waals surface area contributed by atoms with Gasteiger partial charge >= 0.3 is 6.09 Å². The summed E-state index contributed by atoms with van der Waals surface area (Å²) in [6, 6.07) is 1.99. The van der Waals surface area contributed by atoms with Crippen molar-refractivity contribution >= 4 is 23.7 Å². The van der Waals surface area contributed by atoms with Crippen LogP contribution in [0.25, 0.3) is 0 Å². The molecule has 0 aliphatic carbocycles. The molecule has 7 heteroatoms. The molecule has 1 atom stereocenters. The third kappa shape index (κ3) is 4.25. The molecule has 1 unspecified atom stereocenters. The second kappa shape index (κ2) is 6.73. The number of amides is 1. The quantitative estimate of drug-likeness (QED) is 0.616. The first-order valence-corrected chi connectivity index (χ1v) is 8.64. The first-order valence-electron chi connectivity index (χ1n) is 7.42. The van der Waals surface area contributed by atoms with E-state index in [1.807, 2.05) is 40.0 Å². The number of carbonyl (C=O) groups is 1. The second-order valence-electron chi connectivity index (χ2n) is 6.37. The van der Waals surface area contributed by atoms with Crippen molar-refractivity contribution in [2.75, 3.05) is 30.8 Å². The van der Waals surface area contributed by atoms with Crippen molar-refractivity contribution in [2.24, 2.45) is 0 Å². The highest BCUT2D eigenvalue weighted by molar-refractivity contribution is 7.98. The average molecular weight is 324 g/mol. The van der Waals surface area contributed by atoms with Crippen molar-refractivity contribution in [1.82, 2.24) is 14.9 Å². The predicted octanol–water partition coefficient (Wildman–Crippen LogP) is 2.64. The van der Waals surface area contributed by atoms with Gasteiger partial charge in [-0.05, 0) is 40.0 Å². The molecule has 1 amide bonds. The summed E-state index contributed by atoms with van der Waals surface area (Å²) in [7, 11) is 0. The highest BCUT2D eigenvalue weighted by Crippen LogP contribution is 2.20. The van der Waals surface area contributed by atoms with Gasteiger partial charge < -0.3 is 14.5 Å². The minimum absolute atomic E-state index is 0.0799. The van der Waals surface area contributed by atoms with Crippen LogP contribution in [0.1, 0.15) is 27.7 Å². The molecule has 0 saturated carbocycles. The second-order valence-corrected chi connectivity index (χ2v) is 7.14. The third-order valence-corrected chi connectivity index (χ3v) is 3.94. The highest BCUT2D eigenvalue weighted by atomic mass is 32.2. The summed E-state index contributed by atoms with van der Waals surface area (Å²) in [5, 5.41) is 0.764. The zero-order chi connectivity index (χ0) is 16.3. The van der Waals surface area contributed by atoms with Crippen LogP contribution in [0.15, 0.2) is 17.4 Å². The Morgan fingerprint density at radius 3 is 2.73 bits per heavy atom. The molecule has 0 radical (unpaired) electrons. The van der Waals surface area contributed by atoms with Crippen molar-refractivity contribution in [2.45, 2.75) is 44.5 Å². The Morgan fingerprint density at radius 1 is 1.41 bits per heavy atom. The SMILES string of the molecule is CSc1nccc(N2CCN(C(=O)OC(C)(C)C)C(C)C2)n1. The van der Waals surface area contributed by atoms with E-state index in [0.717, 1.165) is 24.1 Å². The molecule has 1 saturated heterocycles. The summed E-state index contributed by atoms with van der Waals surface area (Å²) < 4.78 is 5.46.